The highest BCUT2D eigenvalue weighted by atomic mass is 16.6. The first-order valence-electron chi connectivity index (χ1n) is 6.77. The van der Waals surface area contributed by atoms with E-state index in [2.05, 4.69) is 15.0 Å². The van der Waals surface area contributed by atoms with Crippen LogP contribution in [0.15, 0.2) is 12.4 Å². The fraction of sp³-hybridized carbons (Fsp3) is 0.385. The van der Waals surface area contributed by atoms with E-state index in [4.69, 9.17) is 21.3 Å². The Kier molecular flexibility index (Phi) is 3.82. The molecular formula is C13H15N5O5. The molecule has 2 aromatic heterocycles. The van der Waals surface area contributed by atoms with Gasteiger partial charge in [-0.1, -0.05) is 0 Å². The zero-order chi connectivity index (χ0) is 16.7. The van der Waals surface area contributed by atoms with Crippen LogP contribution in [0.3, 0.4) is 0 Å². The molecular weight excluding hydrogens is 306 g/mol. The SMILES string of the molecule is NC(=O)c1cc([C@@H]2O[C@H](CO)[C@@H](O)[C@H]2O)nc2ncnc(N)c12. The van der Waals surface area contributed by atoms with Gasteiger partial charge in [0, 0.05) is 0 Å². The first-order chi connectivity index (χ1) is 10.9. The number of hydrogen-bond donors (Lipinski definition) is 5. The third kappa shape index (κ3) is 2.47. The highest BCUT2D eigenvalue weighted by molar-refractivity contribution is 6.08. The molecule has 1 aliphatic heterocycles. The summed E-state index contributed by atoms with van der Waals surface area (Å²) in [6.07, 6.45) is -3.43. The summed E-state index contributed by atoms with van der Waals surface area (Å²) in [5, 5.41) is 29.2. The minimum atomic E-state index is -1.32. The lowest BCUT2D eigenvalue weighted by Gasteiger charge is -2.16. The molecule has 0 radical (unpaired) electrons. The number of nitrogen functional groups attached to an aromatic ring is 1. The van der Waals surface area contributed by atoms with Crippen LogP contribution in [0.5, 0.6) is 0 Å². The molecule has 0 aliphatic carbocycles. The summed E-state index contributed by atoms with van der Waals surface area (Å²) in [6.45, 7) is -0.472. The van der Waals surface area contributed by atoms with Crippen LogP contribution in [0.2, 0.25) is 0 Å². The Balaban J connectivity index is 2.15. The van der Waals surface area contributed by atoms with Gasteiger partial charge < -0.3 is 31.5 Å². The van der Waals surface area contributed by atoms with Crippen LogP contribution >= 0.6 is 0 Å². The number of carbonyl (C=O) groups is 1. The van der Waals surface area contributed by atoms with E-state index in [0.717, 1.165) is 0 Å². The Bertz CT molecular complexity index is 770. The van der Waals surface area contributed by atoms with E-state index in [9.17, 15) is 15.0 Å². The number of primary amides is 1. The third-order valence-electron chi connectivity index (χ3n) is 3.75. The number of ether oxygens (including phenoxy) is 1. The molecule has 0 spiro atoms. The first kappa shape index (κ1) is 15.5. The summed E-state index contributed by atoms with van der Waals surface area (Å²) in [5.41, 5.74) is 11.4. The molecule has 23 heavy (non-hydrogen) atoms. The second kappa shape index (κ2) is 5.66. The van der Waals surface area contributed by atoms with Gasteiger partial charge in [0.2, 0.25) is 5.91 Å². The van der Waals surface area contributed by atoms with Gasteiger partial charge in [-0.25, -0.2) is 15.0 Å². The number of nitrogens with two attached hydrogens (primary N) is 2. The number of carbonyl (C=O) groups excluding carboxylic acids is 1. The number of fused-ring (bicyclic) bond motifs is 1. The van der Waals surface area contributed by atoms with Crippen molar-refractivity contribution in [2.75, 3.05) is 12.3 Å². The van der Waals surface area contributed by atoms with Gasteiger partial charge in [0.25, 0.3) is 0 Å². The molecule has 0 unspecified atom stereocenters. The molecule has 1 saturated heterocycles. The number of amides is 1. The number of nitrogens with zero attached hydrogens (tertiary/aromatic N) is 3. The molecule has 0 bridgehead atoms. The fourth-order valence-electron chi connectivity index (χ4n) is 2.59. The molecule has 10 nitrogen and oxygen atoms in total. The Morgan fingerprint density at radius 2 is 2.04 bits per heavy atom. The fourth-order valence-corrected chi connectivity index (χ4v) is 2.59. The van der Waals surface area contributed by atoms with Crippen LogP contribution in [-0.2, 0) is 4.74 Å². The molecule has 0 aromatic carbocycles. The molecule has 1 aliphatic rings. The lowest BCUT2D eigenvalue weighted by Crippen LogP contribution is -2.32. The summed E-state index contributed by atoms with van der Waals surface area (Å²) in [7, 11) is 0. The molecule has 122 valence electrons. The van der Waals surface area contributed by atoms with Crippen molar-refractivity contribution < 1.29 is 24.9 Å². The summed E-state index contributed by atoms with van der Waals surface area (Å²) >= 11 is 0. The molecule has 3 rings (SSSR count). The molecule has 3 heterocycles. The van der Waals surface area contributed by atoms with E-state index in [1.54, 1.807) is 0 Å². The van der Waals surface area contributed by atoms with E-state index < -0.39 is 36.9 Å². The summed E-state index contributed by atoms with van der Waals surface area (Å²) in [5.74, 6) is -0.726. The molecule has 1 amide bonds. The highest BCUT2D eigenvalue weighted by Gasteiger charge is 2.44. The topological polar surface area (TPSA) is 178 Å². The minimum absolute atomic E-state index is 0.0286. The van der Waals surface area contributed by atoms with Crippen LogP contribution in [0.4, 0.5) is 5.82 Å². The lowest BCUT2D eigenvalue weighted by molar-refractivity contribution is -0.0238. The van der Waals surface area contributed by atoms with Crippen LogP contribution in [0.25, 0.3) is 11.0 Å². The lowest BCUT2D eigenvalue weighted by atomic mass is 10.0. The normalized spacial score (nSPS) is 27.4. The molecule has 7 N–H and O–H groups in total. The van der Waals surface area contributed by atoms with E-state index in [1.165, 1.54) is 12.4 Å². The maximum absolute atomic E-state index is 11.7. The Labute approximate surface area is 129 Å². The second-order valence-corrected chi connectivity index (χ2v) is 5.18. The van der Waals surface area contributed by atoms with Crippen molar-refractivity contribution in [3.63, 3.8) is 0 Å². The van der Waals surface area contributed by atoms with Crippen molar-refractivity contribution in [3.05, 3.63) is 23.7 Å². The van der Waals surface area contributed by atoms with E-state index in [-0.39, 0.29) is 28.1 Å². The smallest absolute Gasteiger partial charge is 0.249 e. The minimum Gasteiger partial charge on any atom is -0.394 e. The first-order valence-corrected chi connectivity index (χ1v) is 6.77. The molecule has 4 atom stereocenters. The number of hydrogen-bond acceptors (Lipinski definition) is 9. The van der Waals surface area contributed by atoms with Gasteiger partial charge in [-0.3, -0.25) is 4.79 Å². The predicted molar refractivity (Wildman–Crippen MR) is 77.0 cm³/mol. The second-order valence-electron chi connectivity index (χ2n) is 5.18. The van der Waals surface area contributed by atoms with Gasteiger partial charge in [-0.15, -0.1) is 0 Å². The van der Waals surface area contributed by atoms with Crippen LogP contribution < -0.4 is 11.5 Å². The average Bonchev–Trinajstić information content (AvgIpc) is 2.82. The van der Waals surface area contributed by atoms with E-state index >= 15 is 0 Å². The van der Waals surface area contributed by atoms with Crippen molar-refractivity contribution in [3.8, 4) is 0 Å². The van der Waals surface area contributed by atoms with Crippen molar-refractivity contribution in [1.29, 1.82) is 0 Å². The average molecular weight is 321 g/mol. The quantitative estimate of drug-likeness (QED) is 0.422. The predicted octanol–water partition coefficient (Wildman–Crippen LogP) is -2.14. The van der Waals surface area contributed by atoms with Gasteiger partial charge in [0.1, 0.15) is 36.6 Å². The molecule has 0 saturated carbocycles. The molecule has 10 heteroatoms. The third-order valence-corrected chi connectivity index (χ3v) is 3.75. The monoisotopic (exact) mass is 321 g/mol. The maximum Gasteiger partial charge on any atom is 0.249 e. The number of aliphatic hydroxyl groups is 3. The van der Waals surface area contributed by atoms with E-state index in [1.807, 2.05) is 0 Å². The number of anilines is 1. The maximum atomic E-state index is 11.7. The number of pyridine rings is 1. The zero-order valence-electron chi connectivity index (χ0n) is 11.8. The summed E-state index contributed by atoms with van der Waals surface area (Å²) < 4.78 is 5.40. The van der Waals surface area contributed by atoms with Crippen LogP contribution in [0, 0.1) is 0 Å². The van der Waals surface area contributed by atoms with Crippen molar-refractivity contribution in [2.45, 2.75) is 24.4 Å². The van der Waals surface area contributed by atoms with Gasteiger partial charge in [-0.05, 0) is 6.07 Å². The Hall–Kier alpha value is -2.40. The van der Waals surface area contributed by atoms with Crippen LogP contribution in [0.1, 0.15) is 22.2 Å². The zero-order valence-corrected chi connectivity index (χ0v) is 11.8. The number of rotatable bonds is 3. The van der Waals surface area contributed by atoms with Crippen molar-refractivity contribution >= 4 is 22.8 Å². The number of aliphatic hydroxyl groups excluding tert-OH is 3. The van der Waals surface area contributed by atoms with Crippen LogP contribution in [-0.4, -0.2) is 61.1 Å². The largest absolute Gasteiger partial charge is 0.394 e. The Morgan fingerprint density at radius 3 is 2.65 bits per heavy atom. The van der Waals surface area contributed by atoms with E-state index in [0.29, 0.717) is 0 Å². The van der Waals surface area contributed by atoms with Gasteiger partial charge in [-0.2, -0.15) is 0 Å². The number of aromatic nitrogens is 3. The molecule has 1 fully saturated rings. The summed E-state index contributed by atoms with van der Waals surface area (Å²) in [4.78, 5) is 23.6. The highest BCUT2D eigenvalue weighted by Crippen LogP contribution is 2.34. The summed E-state index contributed by atoms with van der Waals surface area (Å²) in [6, 6.07) is 1.31. The van der Waals surface area contributed by atoms with Gasteiger partial charge >= 0.3 is 0 Å². The van der Waals surface area contributed by atoms with Gasteiger partial charge in [0.05, 0.1) is 23.3 Å². The molecule has 2 aromatic rings. The Morgan fingerprint density at radius 1 is 1.30 bits per heavy atom. The van der Waals surface area contributed by atoms with Crippen molar-refractivity contribution in [2.24, 2.45) is 5.73 Å². The van der Waals surface area contributed by atoms with Crippen molar-refractivity contribution in [1.82, 2.24) is 15.0 Å². The van der Waals surface area contributed by atoms with Gasteiger partial charge in [0.15, 0.2) is 5.65 Å². The standard InChI is InChI=1S/C13H15N5O5/c14-11-7-4(12(15)22)1-5(18-13(7)17-3-16-11)10-9(21)8(20)6(2-19)23-10/h1,3,6,8-10,19-21H,2H2,(H2,15,22)(H2,14,16,17,18)/t6-,8-,9-,10+/m1/s1.